The van der Waals surface area contributed by atoms with Crippen molar-refractivity contribution in [1.29, 1.82) is 0 Å². The van der Waals surface area contributed by atoms with Crippen LogP contribution in [0, 0.1) is 17.5 Å². The Morgan fingerprint density at radius 1 is 1.39 bits per heavy atom. The Morgan fingerprint density at radius 2 is 2.00 bits per heavy atom. The lowest BCUT2D eigenvalue weighted by molar-refractivity contribution is 0.0953. The molecule has 1 rings (SSSR count). The van der Waals surface area contributed by atoms with Crippen LogP contribution in [0.2, 0.25) is 0 Å². The van der Waals surface area contributed by atoms with Gasteiger partial charge in [0.1, 0.15) is 0 Å². The van der Waals surface area contributed by atoms with Gasteiger partial charge in [-0.3, -0.25) is 4.79 Å². The van der Waals surface area contributed by atoms with E-state index in [9.17, 15) is 18.0 Å². The first-order valence-electron chi connectivity index (χ1n) is 4.49. The normalized spacial score (nSPS) is 11.4. The van der Waals surface area contributed by atoms with Crippen LogP contribution in [0.1, 0.15) is 10.4 Å². The third-order valence-corrected chi connectivity index (χ3v) is 1.94. The monoisotopic (exact) mass is 263 g/mol. The van der Waals surface area contributed by atoms with Crippen LogP contribution in [0.4, 0.5) is 13.2 Å². The highest BCUT2D eigenvalue weighted by atomic mass is 19.2. The van der Waals surface area contributed by atoms with Crippen molar-refractivity contribution in [2.75, 3.05) is 6.54 Å². The molecule has 0 aliphatic heterocycles. The number of aromatic hydroxyl groups is 1. The Kier molecular flexibility index (Phi) is 3.97. The van der Waals surface area contributed by atoms with Crippen molar-refractivity contribution in [2.24, 2.45) is 10.9 Å². The Balaban J connectivity index is 3.00. The topological polar surface area (TPSA) is 108 Å². The molecule has 0 fully saturated rings. The molecule has 0 radical (unpaired) electrons. The second-order valence-electron chi connectivity index (χ2n) is 3.16. The van der Waals surface area contributed by atoms with Crippen LogP contribution in [-0.4, -0.2) is 28.6 Å². The highest BCUT2D eigenvalue weighted by molar-refractivity contribution is 5.97. The van der Waals surface area contributed by atoms with E-state index in [2.05, 4.69) is 5.16 Å². The molecule has 18 heavy (non-hydrogen) atoms. The first kappa shape index (κ1) is 13.6. The summed E-state index contributed by atoms with van der Waals surface area (Å²) in [6, 6.07) is 0.284. The van der Waals surface area contributed by atoms with E-state index in [0.29, 0.717) is 0 Å². The van der Waals surface area contributed by atoms with Gasteiger partial charge in [0.2, 0.25) is 5.82 Å². The van der Waals surface area contributed by atoms with E-state index in [-0.39, 0.29) is 11.9 Å². The fraction of sp³-hybridized carbons (Fsp3) is 0.111. The van der Waals surface area contributed by atoms with Gasteiger partial charge in [0.25, 0.3) is 5.91 Å². The van der Waals surface area contributed by atoms with E-state index in [1.165, 1.54) is 0 Å². The van der Waals surface area contributed by atoms with Crippen molar-refractivity contribution >= 4 is 11.7 Å². The van der Waals surface area contributed by atoms with Crippen molar-refractivity contribution in [3.05, 3.63) is 29.1 Å². The van der Waals surface area contributed by atoms with E-state index >= 15 is 0 Å². The summed E-state index contributed by atoms with van der Waals surface area (Å²) in [6.07, 6.45) is 0. The van der Waals surface area contributed by atoms with Crippen LogP contribution in [0.15, 0.2) is 11.2 Å². The average Bonchev–Trinajstić information content (AvgIpc) is 2.37. The van der Waals surface area contributed by atoms with Gasteiger partial charge in [-0.1, -0.05) is 5.16 Å². The second-order valence-corrected chi connectivity index (χ2v) is 3.16. The van der Waals surface area contributed by atoms with Gasteiger partial charge in [-0.25, -0.2) is 8.78 Å². The number of amidine groups is 1. The first-order chi connectivity index (χ1) is 8.38. The van der Waals surface area contributed by atoms with Gasteiger partial charge in [-0.2, -0.15) is 4.39 Å². The van der Waals surface area contributed by atoms with E-state index < -0.39 is 41.2 Å². The van der Waals surface area contributed by atoms with Crippen molar-refractivity contribution in [3.63, 3.8) is 0 Å². The third kappa shape index (κ3) is 2.62. The van der Waals surface area contributed by atoms with Crippen molar-refractivity contribution < 1.29 is 28.3 Å². The van der Waals surface area contributed by atoms with Crippen LogP contribution in [0.5, 0.6) is 5.75 Å². The van der Waals surface area contributed by atoms with Crippen LogP contribution in [-0.2, 0) is 0 Å². The molecular weight excluding hydrogens is 255 g/mol. The fourth-order valence-corrected chi connectivity index (χ4v) is 1.06. The zero-order valence-electron chi connectivity index (χ0n) is 8.75. The summed E-state index contributed by atoms with van der Waals surface area (Å²) >= 11 is 0. The largest absolute Gasteiger partial charge is 0.503 e. The van der Waals surface area contributed by atoms with E-state index in [0.717, 1.165) is 0 Å². The molecule has 5 N–H and O–H groups in total. The highest BCUT2D eigenvalue weighted by Gasteiger charge is 2.22. The minimum absolute atomic E-state index is 0.284. The summed E-state index contributed by atoms with van der Waals surface area (Å²) in [4.78, 5) is 11.4. The number of carbonyl (C=O) groups excluding carboxylic acids is 1. The number of halogens is 3. The summed E-state index contributed by atoms with van der Waals surface area (Å²) in [7, 11) is 0. The molecule has 1 aromatic rings. The molecule has 0 aromatic heterocycles. The molecule has 1 amide bonds. The summed E-state index contributed by atoms with van der Waals surface area (Å²) in [5.74, 6) is -8.11. The van der Waals surface area contributed by atoms with Gasteiger partial charge in [-0.15, -0.1) is 0 Å². The van der Waals surface area contributed by atoms with Crippen LogP contribution in [0.3, 0.4) is 0 Å². The van der Waals surface area contributed by atoms with Crippen LogP contribution >= 0.6 is 0 Å². The quantitative estimate of drug-likeness (QED) is 0.206. The number of oxime groups is 1. The lowest BCUT2D eigenvalue weighted by atomic mass is 10.1. The minimum atomic E-state index is -1.79. The lowest BCUT2D eigenvalue weighted by Crippen LogP contribution is -2.34. The molecular formula is C9H8F3N3O3. The number of nitrogens with two attached hydrogens (primary N) is 1. The number of hydrogen-bond donors (Lipinski definition) is 4. The Labute approximate surface area is 98.5 Å². The molecule has 98 valence electrons. The molecule has 0 heterocycles. The highest BCUT2D eigenvalue weighted by Crippen LogP contribution is 2.25. The standard InChI is InChI=1S/C9H8F3N3O3/c10-4-1-3(6(11)8(16)7(4)12)9(17)14-2-5(13)15-18/h1,16,18H,2H2,(H2,13,15)(H,14,17). The number of phenols is 1. The van der Waals surface area contributed by atoms with Crippen LogP contribution < -0.4 is 11.1 Å². The fourth-order valence-electron chi connectivity index (χ4n) is 1.06. The van der Waals surface area contributed by atoms with E-state index in [1.807, 2.05) is 5.32 Å². The Hall–Kier alpha value is -2.45. The zero-order chi connectivity index (χ0) is 13.9. The number of nitrogens with one attached hydrogen (secondary N) is 1. The molecule has 0 saturated carbocycles. The van der Waals surface area contributed by atoms with Gasteiger partial charge < -0.3 is 21.4 Å². The molecule has 0 aliphatic carbocycles. The summed E-state index contributed by atoms with van der Waals surface area (Å²) in [5.41, 5.74) is 4.12. The molecule has 0 aliphatic rings. The number of hydrogen-bond acceptors (Lipinski definition) is 4. The molecule has 9 heteroatoms. The van der Waals surface area contributed by atoms with Crippen molar-refractivity contribution in [3.8, 4) is 5.75 Å². The molecule has 1 aromatic carbocycles. The number of carbonyl (C=O) groups is 1. The second kappa shape index (κ2) is 5.25. The van der Waals surface area contributed by atoms with Gasteiger partial charge in [0.15, 0.2) is 23.2 Å². The maximum Gasteiger partial charge on any atom is 0.254 e. The smallest absolute Gasteiger partial charge is 0.254 e. The summed E-state index contributed by atoms with van der Waals surface area (Å²) in [5, 5.41) is 21.6. The molecule has 0 unspecified atom stereocenters. The average molecular weight is 263 g/mol. The lowest BCUT2D eigenvalue weighted by Gasteiger charge is -2.07. The maximum atomic E-state index is 13.3. The predicted molar refractivity (Wildman–Crippen MR) is 53.7 cm³/mol. The summed E-state index contributed by atoms with van der Waals surface area (Å²) in [6.45, 7) is -0.436. The Bertz CT molecular complexity index is 520. The zero-order valence-corrected chi connectivity index (χ0v) is 8.75. The van der Waals surface area contributed by atoms with Gasteiger partial charge in [0, 0.05) is 0 Å². The SMILES string of the molecule is N/C(CNC(=O)c1cc(F)c(F)c(O)c1F)=N\O. The van der Waals surface area contributed by atoms with Crippen LogP contribution in [0.25, 0.3) is 0 Å². The predicted octanol–water partition coefficient (Wildman–Crippen LogP) is 0.286. The molecule has 6 nitrogen and oxygen atoms in total. The number of phenolic OH excluding ortho intramolecular Hbond substituents is 1. The Morgan fingerprint density at radius 3 is 2.56 bits per heavy atom. The number of rotatable bonds is 3. The number of amides is 1. The van der Waals surface area contributed by atoms with Gasteiger partial charge >= 0.3 is 0 Å². The minimum Gasteiger partial charge on any atom is -0.503 e. The van der Waals surface area contributed by atoms with E-state index in [4.69, 9.17) is 16.0 Å². The van der Waals surface area contributed by atoms with Gasteiger partial charge in [0.05, 0.1) is 12.1 Å². The molecule has 0 saturated heterocycles. The number of nitrogens with zero attached hydrogens (tertiary/aromatic N) is 1. The summed E-state index contributed by atoms with van der Waals surface area (Å²) < 4.78 is 38.9. The molecule has 0 bridgehead atoms. The first-order valence-corrected chi connectivity index (χ1v) is 4.49. The molecule has 0 spiro atoms. The maximum absolute atomic E-state index is 13.3. The van der Waals surface area contributed by atoms with E-state index in [1.54, 1.807) is 0 Å². The molecule has 0 atom stereocenters. The third-order valence-electron chi connectivity index (χ3n) is 1.94. The van der Waals surface area contributed by atoms with Crippen molar-refractivity contribution in [2.45, 2.75) is 0 Å². The van der Waals surface area contributed by atoms with Crippen molar-refractivity contribution in [1.82, 2.24) is 5.32 Å². The number of benzene rings is 1. The van der Waals surface area contributed by atoms with Gasteiger partial charge in [-0.05, 0) is 6.07 Å².